The lowest BCUT2D eigenvalue weighted by Crippen LogP contribution is -2.60. The molecule has 36 heavy (non-hydrogen) atoms. The number of hydrogen-bond acceptors (Lipinski definition) is 6. The molecular weight excluding hydrogens is 524 g/mol. The molecule has 7 heteroatoms. The summed E-state index contributed by atoms with van der Waals surface area (Å²) in [5.74, 6) is -0.415. The topological polar surface area (TPSA) is 63.2 Å². The van der Waals surface area contributed by atoms with Crippen LogP contribution < -0.4 is 0 Å². The quantitative estimate of drug-likeness (QED) is 0.233. The molecule has 5 atom stereocenters. The Labute approximate surface area is 220 Å². The van der Waals surface area contributed by atoms with E-state index < -0.39 is 35.4 Å². The molecule has 0 amide bonds. The van der Waals surface area contributed by atoms with Gasteiger partial charge in [-0.2, -0.15) is 0 Å². The zero-order valence-electron chi connectivity index (χ0n) is 20.2. The number of alkyl halides is 1. The maximum atomic E-state index is 12.0. The van der Waals surface area contributed by atoms with Gasteiger partial charge in [0.05, 0.1) is 26.4 Å². The molecule has 190 valence electrons. The molecule has 0 radical (unpaired) electrons. The third-order valence-electron chi connectivity index (χ3n) is 5.84. The Balaban J connectivity index is 1.53. The monoisotopic (exact) mass is 554 g/mol. The summed E-state index contributed by atoms with van der Waals surface area (Å²) in [7, 11) is 0. The largest absolute Gasteiger partial charge is 0.456 e. The van der Waals surface area contributed by atoms with Crippen molar-refractivity contribution in [2.75, 3.05) is 6.61 Å². The molecule has 1 aliphatic rings. The maximum Gasteiger partial charge on any atom is 0.303 e. The van der Waals surface area contributed by atoms with Gasteiger partial charge in [0.2, 0.25) is 0 Å². The highest BCUT2D eigenvalue weighted by atomic mass is 79.9. The first-order valence-electron chi connectivity index (χ1n) is 12.0. The SMILES string of the molecule is CC(=O)OC1C(OCc2ccccc2)[C@H](OCc2ccccc2)C(COCc2ccccc2)O[C@@H]1Br. The van der Waals surface area contributed by atoms with Gasteiger partial charge < -0.3 is 23.7 Å². The minimum absolute atomic E-state index is 0.286. The van der Waals surface area contributed by atoms with Gasteiger partial charge in [-0.1, -0.05) is 107 Å². The number of halogens is 1. The van der Waals surface area contributed by atoms with Crippen LogP contribution in [0.25, 0.3) is 0 Å². The van der Waals surface area contributed by atoms with Crippen molar-refractivity contribution in [3.63, 3.8) is 0 Å². The van der Waals surface area contributed by atoms with Gasteiger partial charge in [0.25, 0.3) is 0 Å². The molecule has 3 unspecified atom stereocenters. The van der Waals surface area contributed by atoms with E-state index >= 15 is 0 Å². The summed E-state index contributed by atoms with van der Waals surface area (Å²) in [6, 6.07) is 29.7. The van der Waals surface area contributed by atoms with Crippen LogP contribution >= 0.6 is 15.9 Å². The number of hydrogen-bond donors (Lipinski definition) is 0. The van der Waals surface area contributed by atoms with Crippen LogP contribution in [0.2, 0.25) is 0 Å². The molecule has 1 heterocycles. The molecule has 6 nitrogen and oxygen atoms in total. The molecule has 4 rings (SSSR count). The highest BCUT2D eigenvalue weighted by molar-refractivity contribution is 9.09. The zero-order valence-corrected chi connectivity index (χ0v) is 21.8. The third-order valence-corrected chi connectivity index (χ3v) is 6.58. The van der Waals surface area contributed by atoms with Crippen LogP contribution in [0.4, 0.5) is 0 Å². The predicted octanol–water partition coefficient (Wildman–Crippen LogP) is 5.43. The van der Waals surface area contributed by atoms with Crippen molar-refractivity contribution in [2.45, 2.75) is 56.2 Å². The second-order valence-electron chi connectivity index (χ2n) is 8.62. The number of ether oxygens (including phenoxy) is 5. The summed E-state index contributed by atoms with van der Waals surface area (Å²) in [4.78, 5) is 12.0. The number of carbonyl (C=O) groups is 1. The van der Waals surface area contributed by atoms with Crippen LogP contribution in [0.3, 0.4) is 0 Å². The van der Waals surface area contributed by atoms with Crippen molar-refractivity contribution < 1.29 is 28.5 Å². The average molecular weight is 555 g/mol. The normalized spacial score (nSPS) is 23.8. The van der Waals surface area contributed by atoms with Crippen molar-refractivity contribution >= 4 is 21.9 Å². The van der Waals surface area contributed by atoms with Crippen molar-refractivity contribution in [1.82, 2.24) is 0 Å². The molecule has 1 fully saturated rings. The van der Waals surface area contributed by atoms with E-state index in [9.17, 15) is 4.79 Å². The van der Waals surface area contributed by atoms with Crippen LogP contribution in [0.1, 0.15) is 23.6 Å². The van der Waals surface area contributed by atoms with Gasteiger partial charge in [-0.15, -0.1) is 0 Å². The molecule has 0 bridgehead atoms. The van der Waals surface area contributed by atoms with Crippen LogP contribution in [-0.2, 0) is 48.3 Å². The minimum Gasteiger partial charge on any atom is -0.456 e. The standard InChI is InChI=1S/C29H31BrO6/c1-21(31)35-28-27(34-19-24-15-9-4-10-16-24)26(33-18-23-13-7-3-8-14-23)25(36-29(28)30)20-32-17-22-11-5-2-6-12-22/h2-16,25-29H,17-20H2,1H3/t25?,26-,27?,28?,29+/m1/s1. The van der Waals surface area contributed by atoms with Crippen molar-refractivity contribution in [2.24, 2.45) is 0 Å². The second-order valence-corrected chi connectivity index (χ2v) is 9.53. The third kappa shape index (κ3) is 7.72. The lowest BCUT2D eigenvalue weighted by molar-refractivity contribution is -0.247. The Morgan fingerprint density at radius 2 is 1.19 bits per heavy atom. The minimum atomic E-state index is -0.697. The number of carbonyl (C=O) groups excluding carboxylic acids is 1. The molecule has 1 aliphatic heterocycles. The molecule has 0 spiro atoms. The Bertz CT molecular complexity index is 1050. The Morgan fingerprint density at radius 3 is 1.69 bits per heavy atom. The van der Waals surface area contributed by atoms with Crippen LogP contribution in [0.15, 0.2) is 91.0 Å². The molecule has 0 saturated carbocycles. The molecule has 3 aromatic rings. The van der Waals surface area contributed by atoms with Gasteiger partial charge in [-0.05, 0) is 16.7 Å². The fraction of sp³-hybridized carbons (Fsp3) is 0.345. The van der Waals surface area contributed by atoms with E-state index in [0.717, 1.165) is 16.7 Å². The Morgan fingerprint density at radius 1 is 0.722 bits per heavy atom. The first kappa shape index (κ1) is 26.5. The van der Waals surface area contributed by atoms with Crippen LogP contribution in [0, 0.1) is 0 Å². The summed E-state index contributed by atoms with van der Waals surface area (Å²) in [6.45, 7) is 2.81. The molecule has 0 aromatic heterocycles. The highest BCUT2D eigenvalue weighted by Crippen LogP contribution is 2.32. The molecule has 0 N–H and O–H groups in total. The predicted molar refractivity (Wildman–Crippen MR) is 139 cm³/mol. The summed E-state index contributed by atoms with van der Waals surface area (Å²) in [5, 5.41) is -0.580. The maximum absolute atomic E-state index is 12.0. The van der Waals surface area contributed by atoms with Crippen molar-refractivity contribution in [3.05, 3.63) is 108 Å². The number of rotatable bonds is 11. The fourth-order valence-electron chi connectivity index (χ4n) is 4.11. The van der Waals surface area contributed by atoms with Gasteiger partial charge in [0.15, 0.2) is 11.1 Å². The first-order chi connectivity index (χ1) is 17.6. The van der Waals surface area contributed by atoms with Crippen molar-refractivity contribution in [3.8, 4) is 0 Å². The van der Waals surface area contributed by atoms with Crippen LogP contribution in [0.5, 0.6) is 0 Å². The smallest absolute Gasteiger partial charge is 0.303 e. The highest BCUT2D eigenvalue weighted by Gasteiger charge is 2.48. The Hall–Kier alpha value is -2.55. The van der Waals surface area contributed by atoms with Gasteiger partial charge >= 0.3 is 5.97 Å². The van der Waals surface area contributed by atoms with E-state index in [4.69, 9.17) is 23.7 Å². The van der Waals surface area contributed by atoms with Gasteiger partial charge in [-0.3, -0.25) is 4.79 Å². The Kier molecular flexibility index (Phi) is 10.1. The van der Waals surface area contributed by atoms with E-state index in [1.807, 2.05) is 91.0 Å². The fourth-order valence-corrected chi connectivity index (χ4v) is 4.79. The van der Waals surface area contributed by atoms with E-state index in [-0.39, 0.29) is 6.61 Å². The van der Waals surface area contributed by atoms with Crippen LogP contribution in [-0.4, -0.2) is 42.0 Å². The molecule has 0 aliphatic carbocycles. The lowest BCUT2D eigenvalue weighted by atomic mass is 9.99. The molecule has 1 saturated heterocycles. The van der Waals surface area contributed by atoms with Gasteiger partial charge in [0, 0.05) is 6.92 Å². The summed E-state index contributed by atoms with van der Waals surface area (Å²) in [6.07, 6.45) is -2.27. The molecule has 3 aromatic carbocycles. The van der Waals surface area contributed by atoms with E-state index in [1.54, 1.807) is 0 Å². The first-order valence-corrected chi connectivity index (χ1v) is 12.9. The lowest BCUT2D eigenvalue weighted by Gasteiger charge is -2.44. The summed E-state index contributed by atoms with van der Waals surface area (Å²) >= 11 is 3.56. The van der Waals surface area contributed by atoms with E-state index in [2.05, 4.69) is 15.9 Å². The average Bonchev–Trinajstić information content (AvgIpc) is 2.90. The molecular formula is C29H31BrO6. The van der Waals surface area contributed by atoms with Gasteiger partial charge in [-0.25, -0.2) is 0 Å². The number of benzene rings is 3. The van der Waals surface area contributed by atoms with Gasteiger partial charge in [0.1, 0.15) is 18.3 Å². The van der Waals surface area contributed by atoms with Crippen molar-refractivity contribution in [1.29, 1.82) is 0 Å². The van der Waals surface area contributed by atoms with E-state index in [1.165, 1.54) is 6.92 Å². The van der Waals surface area contributed by atoms with E-state index in [0.29, 0.717) is 19.8 Å². The number of esters is 1. The summed E-state index contributed by atoms with van der Waals surface area (Å²) < 4.78 is 30.7. The zero-order chi connectivity index (χ0) is 25.2. The second kappa shape index (κ2) is 13.7. The summed E-state index contributed by atoms with van der Waals surface area (Å²) in [5.41, 5.74) is 3.10.